The predicted octanol–water partition coefficient (Wildman–Crippen LogP) is 5.46. The summed E-state index contributed by atoms with van der Waals surface area (Å²) in [4.78, 5) is 32.8. The van der Waals surface area contributed by atoms with Gasteiger partial charge in [0.1, 0.15) is 5.82 Å². The van der Waals surface area contributed by atoms with Crippen molar-refractivity contribution in [1.29, 1.82) is 0 Å². The Morgan fingerprint density at radius 2 is 1.83 bits per heavy atom. The van der Waals surface area contributed by atoms with E-state index in [1.54, 1.807) is 28.8 Å². The number of alkyl halides is 3. The van der Waals surface area contributed by atoms with Crippen molar-refractivity contribution >= 4 is 22.6 Å². The first-order valence-corrected chi connectivity index (χ1v) is 11.4. The van der Waals surface area contributed by atoms with Gasteiger partial charge in [-0.1, -0.05) is 26.0 Å². The van der Waals surface area contributed by atoms with E-state index >= 15 is 0 Å². The molecule has 2 aromatic carbocycles. The molecule has 0 bridgehead atoms. The third-order valence-corrected chi connectivity index (χ3v) is 5.66. The van der Waals surface area contributed by atoms with E-state index in [-0.39, 0.29) is 24.4 Å². The van der Waals surface area contributed by atoms with Crippen LogP contribution in [0.1, 0.15) is 44.1 Å². The number of hydrogen-bond acceptors (Lipinski definition) is 4. The normalized spacial score (nSPS) is 12.5. The number of benzene rings is 2. The Hall–Kier alpha value is -3.40. The van der Waals surface area contributed by atoms with Gasteiger partial charge in [0.15, 0.2) is 0 Å². The van der Waals surface area contributed by atoms with Gasteiger partial charge in [-0.2, -0.15) is 13.2 Å². The second-order valence-electron chi connectivity index (χ2n) is 8.06. The molecule has 0 saturated heterocycles. The van der Waals surface area contributed by atoms with Gasteiger partial charge in [-0.25, -0.2) is 9.78 Å². The molecule has 3 rings (SSSR count). The first-order valence-electron chi connectivity index (χ1n) is 11.4. The average Bonchev–Trinajstić information content (AvgIpc) is 2.83. The van der Waals surface area contributed by atoms with Crippen molar-refractivity contribution in [1.82, 2.24) is 14.5 Å². The Balaban J connectivity index is 2.00. The van der Waals surface area contributed by atoms with Crippen LogP contribution in [0.25, 0.3) is 10.9 Å². The first-order chi connectivity index (χ1) is 16.7. The van der Waals surface area contributed by atoms with Crippen LogP contribution in [0.4, 0.5) is 23.7 Å². The summed E-state index contributed by atoms with van der Waals surface area (Å²) in [6, 6.07) is 10.2. The highest BCUT2D eigenvalue weighted by Gasteiger charge is 2.31. The van der Waals surface area contributed by atoms with Crippen molar-refractivity contribution in [2.24, 2.45) is 0 Å². The minimum Gasteiger partial charge on any atom is -0.383 e. The molecule has 10 heteroatoms. The molecule has 0 radical (unpaired) electrons. The van der Waals surface area contributed by atoms with Crippen LogP contribution in [-0.2, 0) is 17.5 Å². The van der Waals surface area contributed by atoms with Crippen molar-refractivity contribution in [3.63, 3.8) is 0 Å². The molecule has 0 fully saturated rings. The molecule has 0 spiro atoms. The van der Waals surface area contributed by atoms with Gasteiger partial charge in [-0.3, -0.25) is 9.36 Å². The molecule has 1 N–H and O–H groups in total. The van der Waals surface area contributed by atoms with Crippen LogP contribution in [0.15, 0.2) is 53.3 Å². The van der Waals surface area contributed by atoms with Gasteiger partial charge in [0.2, 0.25) is 0 Å². The SMILES string of the molecule is CCCn1c(C(CC)N(CCOC)C(=O)Nc2ccc(C(F)(F)F)cc2)nc2ccccc2c1=O. The number of urea groups is 1. The number of halogens is 3. The van der Waals surface area contributed by atoms with Crippen molar-refractivity contribution in [3.8, 4) is 0 Å². The van der Waals surface area contributed by atoms with Crippen molar-refractivity contribution in [2.45, 2.75) is 45.5 Å². The minimum absolute atomic E-state index is 0.180. The maximum atomic E-state index is 13.3. The van der Waals surface area contributed by atoms with E-state index in [1.165, 1.54) is 24.1 Å². The zero-order chi connectivity index (χ0) is 25.6. The van der Waals surface area contributed by atoms with E-state index in [4.69, 9.17) is 9.72 Å². The first kappa shape index (κ1) is 26.2. The molecule has 0 aliphatic carbocycles. The highest BCUT2D eigenvalue weighted by Crippen LogP contribution is 2.30. The van der Waals surface area contributed by atoms with E-state index in [2.05, 4.69) is 5.32 Å². The van der Waals surface area contributed by atoms with Gasteiger partial charge in [0.05, 0.1) is 29.1 Å². The molecule has 7 nitrogen and oxygen atoms in total. The summed E-state index contributed by atoms with van der Waals surface area (Å²) in [5.41, 5.74) is -0.228. The number of anilines is 1. The number of hydrogen-bond donors (Lipinski definition) is 1. The molecule has 0 aliphatic heterocycles. The number of carbonyl (C=O) groups is 1. The summed E-state index contributed by atoms with van der Waals surface area (Å²) in [7, 11) is 1.51. The predicted molar refractivity (Wildman–Crippen MR) is 128 cm³/mol. The van der Waals surface area contributed by atoms with E-state index < -0.39 is 23.8 Å². The highest BCUT2D eigenvalue weighted by atomic mass is 19.4. The van der Waals surface area contributed by atoms with Gasteiger partial charge < -0.3 is 15.0 Å². The van der Waals surface area contributed by atoms with Crippen molar-refractivity contribution < 1.29 is 22.7 Å². The molecular weight excluding hydrogens is 461 g/mol. The van der Waals surface area contributed by atoms with Crippen LogP contribution in [-0.4, -0.2) is 40.7 Å². The second-order valence-corrected chi connectivity index (χ2v) is 8.06. The van der Waals surface area contributed by atoms with Crippen LogP contribution in [0, 0.1) is 0 Å². The van der Waals surface area contributed by atoms with Crippen LogP contribution in [0.3, 0.4) is 0 Å². The number of aromatic nitrogens is 2. The number of para-hydroxylation sites is 1. The zero-order valence-electron chi connectivity index (χ0n) is 19.9. The average molecular weight is 491 g/mol. The Morgan fingerprint density at radius 1 is 1.14 bits per heavy atom. The smallest absolute Gasteiger partial charge is 0.383 e. The largest absolute Gasteiger partial charge is 0.416 e. The van der Waals surface area contributed by atoms with Crippen molar-refractivity contribution in [3.05, 3.63) is 70.3 Å². The van der Waals surface area contributed by atoms with Gasteiger partial charge in [0.25, 0.3) is 5.56 Å². The summed E-state index contributed by atoms with van der Waals surface area (Å²) in [5.74, 6) is 0.455. The topological polar surface area (TPSA) is 76.5 Å². The number of amides is 2. The summed E-state index contributed by atoms with van der Waals surface area (Å²) in [5, 5.41) is 3.16. The van der Waals surface area contributed by atoms with Crippen LogP contribution in [0.2, 0.25) is 0 Å². The van der Waals surface area contributed by atoms with E-state index in [1.807, 2.05) is 13.8 Å². The van der Waals surface area contributed by atoms with E-state index in [0.717, 1.165) is 12.1 Å². The van der Waals surface area contributed by atoms with E-state index in [9.17, 15) is 22.8 Å². The number of nitrogens with zero attached hydrogens (tertiary/aromatic N) is 3. The summed E-state index contributed by atoms with van der Waals surface area (Å²) in [6.45, 7) is 4.68. The Labute approximate surface area is 201 Å². The fraction of sp³-hybridized carbons (Fsp3) is 0.400. The van der Waals surface area contributed by atoms with E-state index in [0.29, 0.717) is 36.1 Å². The molecule has 1 atom stereocenters. The summed E-state index contributed by atoms with van der Waals surface area (Å²) in [6.07, 6.45) is -3.32. The number of fused-ring (bicyclic) bond motifs is 1. The molecule has 2 amide bonds. The number of carbonyl (C=O) groups excluding carboxylic acids is 1. The van der Waals surface area contributed by atoms with Gasteiger partial charge in [0, 0.05) is 25.9 Å². The number of methoxy groups -OCH3 is 1. The Bertz CT molecular complexity index is 1210. The molecule has 188 valence electrons. The molecule has 35 heavy (non-hydrogen) atoms. The third kappa shape index (κ3) is 6.00. The van der Waals surface area contributed by atoms with Crippen LogP contribution in [0.5, 0.6) is 0 Å². The van der Waals surface area contributed by atoms with Gasteiger partial charge >= 0.3 is 12.2 Å². The van der Waals surface area contributed by atoms with Crippen LogP contribution >= 0.6 is 0 Å². The van der Waals surface area contributed by atoms with Gasteiger partial charge in [-0.15, -0.1) is 0 Å². The monoisotopic (exact) mass is 490 g/mol. The second kappa shape index (κ2) is 11.4. The lowest BCUT2D eigenvalue weighted by Crippen LogP contribution is -2.42. The molecule has 1 aromatic heterocycles. The minimum atomic E-state index is -4.47. The highest BCUT2D eigenvalue weighted by molar-refractivity contribution is 5.89. The lowest BCUT2D eigenvalue weighted by Gasteiger charge is -2.32. The molecular formula is C25H29F3N4O3. The Morgan fingerprint density at radius 3 is 2.43 bits per heavy atom. The lowest BCUT2D eigenvalue weighted by atomic mass is 10.1. The number of ether oxygens (including phenoxy) is 1. The lowest BCUT2D eigenvalue weighted by molar-refractivity contribution is -0.137. The van der Waals surface area contributed by atoms with Crippen molar-refractivity contribution in [2.75, 3.05) is 25.6 Å². The molecule has 0 saturated carbocycles. The molecule has 1 heterocycles. The Kier molecular flexibility index (Phi) is 8.50. The standard InChI is InChI=1S/C25H29F3N4O3/c1-4-14-32-22(30-20-9-7-6-8-19(20)23(32)33)21(5-2)31(15-16-35-3)24(34)29-18-12-10-17(11-13-18)25(26,27)28/h6-13,21H,4-5,14-16H2,1-3H3,(H,29,34). The third-order valence-electron chi connectivity index (χ3n) is 5.66. The fourth-order valence-corrected chi connectivity index (χ4v) is 3.95. The summed E-state index contributed by atoms with van der Waals surface area (Å²) < 4.78 is 45.5. The number of rotatable bonds is 9. The molecule has 3 aromatic rings. The molecule has 0 aliphatic rings. The maximum absolute atomic E-state index is 13.3. The zero-order valence-corrected chi connectivity index (χ0v) is 19.9. The molecule has 1 unspecified atom stereocenters. The number of nitrogens with one attached hydrogen (secondary N) is 1. The van der Waals surface area contributed by atoms with Gasteiger partial charge in [-0.05, 0) is 49.2 Å². The fourth-order valence-electron chi connectivity index (χ4n) is 3.95. The quantitative estimate of drug-likeness (QED) is 0.432. The maximum Gasteiger partial charge on any atom is 0.416 e. The summed E-state index contributed by atoms with van der Waals surface area (Å²) >= 11 is 0. The van der Waals surface area contributed by atoms with Crippen LogP contribution < -0.4 is 10.9 Å².